The molecule has 0 saturated carbocycles. The highest BCUT2D eigenvalue weighted by atomic mass is 16.2. The Morgan fingerprint density at radius 1 is 1.05 bits per heavy atom. The van der Waals surface area contributed by atoms with E-state index in [2.05, 4.69) is 20.8 Å². The quantitative estimate of drug-likeness (QED) is 0.835. The number of hydrogen-bond acceptors (Lipinski definition) is 2. The van der Waals surface area contributed by atoms with Gasteiger partial charge in [0.2, 0.25) is 5.91 Å². The van der Waals surface area contributed by atoms with Crippen molar-refractivity contribution in [1.29, 1.82) is 0 Å². The van der Waals surface area contributed by atoms with Gasteiger partial charge in [0.05, 0.1) is 5.69 Å². The summed E-state index contributed by atoms with van der Waals surface area (Å²) in [5, 5.41) is 0. The smallest absolute Gasteiger partial charge is 0.321 e. The predicted molar refractivity (Wildman–Crippen MR) is 84.5 cm³/mol. The molecule has 3 amide bonds. The Labute approximate surface area is 126 Å². The third-order valence-electron chi connectivity index (χ3n) is 3.87. The van der Waals surface area contributed by atoms with Gasteiger partial charge in [-0.3, -0.25) is 4.79 Å². The third-order valence-corrected chi connectivity index (χ3v) is 3.87. The van der Waals surface area contributed by atoms with E-state index in [1.807, 2.05) is 38.1 Å². The molecule has 0 aliphatic carbocycles. The lowest BCUT2D eigenvalue weighted by molar-refractivity contribution is -0.119. The highest BCUT2D eigenvalue weighted by molar-refractivity contribution is 6.15. The molecule has 0 atom stereocenters. The molecule has 0 N–H and O–H groups in total. The maximum absolute atomic E-state index is 12.5. The van der Waals surface area contributed by atoms with Crippen LogP contribution in [-0.4, -0.2) is 29.4 Å². The zero-order valence-electron chi connectivity index (χ0n) is 13.5. The number of carbonyl (C=O) groups excluding carboxylic acids is 2. The maximum atomic E-state index is 12.5. The van der Waals surface area contributed by atoms with Crippen molar-refractivity contribution in [1.82, 2.24) is 4.90 Å². The van der Waals surface area contributed by atoms with Crippen LogP contribution in [0.4, 0.5) is 10.5 Å². The SMILES string of the molecule is CC(C)N1CCC(=O)N(c2ccc(C(C)(C)C)cc2)C1=O. The van der Waals surface area contributed by atoms with E-state index in [1.165, 1.54) is 10.5 Å². The van der Waals surface area contributed by atoms with Gasteiger partial charge in [-0.15, -0.1) is 0 Å². The third kappa shape index (κ3) is 3.09. The van der Waals surface area contributed by atoms with Gasteiger partial charge in [0.15, 0.2) is 0 Å². The highest BCUT2D eigenvalue weighted by Gasteiger charge is 2.34. The minimum Gasteiger partial charge on any atom is -0.321 e. The van der Waals surface area contributed by atoms with E-state index < -0.39 is 0 Å². The summed E-state index contributed by atoms with van der Waals surface area (Å²) < 4.78 is 0. The summed E-state index contributed by atoms with van der Waals surface area (Å²) in [5.74, 6) is -0.125. The lowest BCUT2D eigenvalue weighted by Crippen LogP contribution is -2.54. The van der Waals surface area contributed by atoms with E-state index in [9.17, 15) is 9.59 Å². The van der Waals surface area contributed by atoms with Crippen LogP contribution in [0.15, 0.2) is 24.3 Å². The lowest BCUT2D eigenvalue weighted by atomic mass is 9.87. The first kappa shape index (κ1) is 15.5. The molecule has 0 spiro atoms. The van der Waals surface area contributed by atoms with E-state index in [0.29, 0.717) is 18.7 Å². The van der Waals surface area contributed by atoms with Gasteiger partial charge in [0, 0.05) is 19.0 Å². The minimum atomic E-state index is -0.218. The normalized spacial score (nSPS) is 16.9. The zero-order valence-corrected chi connectivity index (χ0v) is 13.5. The summed E-state index contributed by atoms with van der Waals surface area (Å²) in [4.78, 5) is 27.7. The zero-order chi connectivity index (χ0) is 15.8. The minimum absolute atomic E-state index is 0.0540. The molecule has 0 bridgehead atoms. The van der Waals surface area contributed by atoms with Gasteiger partial charge in [-0.2, -0.15) is 0 Å². The second kappa shape index (κ2) is 5.51. The number of hydrogen-bond donors (Lipinski definition) is 0. The second-order valence-electron chi connectivity index (χ2n) is 6.85. The Bertz CT molecular complexity index is 541. The Morgan fingerprint density at radius 2 is 1.62 bits per heavy atom. The van der Waals surface area contributed by atoms with Crippen molar-refractivity contribution in [3.63, 3.8) is 0 Å². The van der Waals surface area contributed by atoms with E-state index in [-0.39, 0.29) is 23.4 Å². The van der Waals surface area contributed by atoms with Crippen molar-refractivity contribution >= 4 is 17.6 Å². The molecule has 1 aromatic carbocycles. The maximum Gasteiger partial charge on any atom is 0.331 e. The number of nitrogens with zero attached hydrogens (tertiary/aromatic N) is 2. The van der Waals surface area contributed by atoms with E-state index in [4.69, 9.17) is 0 Å². The number of imide groups is 1. The molecule has 114 valence electrons. The number of benzene rings is 1. The van der Waals surface area contributed by atoms with Crippen molar-refractivity contribution < 1.29 is 9.59 Å². The predicted octanol–water partition coefficient (Wildman–Crippen LogP) is 3.55. The molecule has 0 radical (unpaired) electrons. The Balaban J connectivity index is 2.31. The summed E-state index contributed by atoms with van der Waals surface area (Å²) in [6.45, 7) is 10.9. The van der Waals surface area contributed by atoms with Gasteiger partial charge < -0.3 is 4.90 Å². The lowest BCUT2D eigenvalue weighted by Gasteiger charge is -2.36. The van der Waals surface area contributed by atoms with Gasteiger partial charge in [-0.1, -0.05) is 32.9 Å². The summed E-state index contributed by atoms with van der Waals surface area (Å²) in [6, 6.07) is 7.58. The summed E-state index contributed by atoms with van der Waals surface area (Å²) >= 11 is 0. The molecular weight excluding hydrogens is 264 g/mol. The van der Waals surface area contributed by atoms with Crippen LogP contribution < -0.4 is 4.90 Å². The Kier molecular flexibility index (Phi) is 4.08. The highest BCUT2D eigenvalue weighted by Crippen LogP contribution is 2.27. The molecule has 2 rings (SSSR count). The molecule has 1 aromatic rings. The largest absolute Gasteiger partial charge is 0.331 e. The summed E-state index contributed by atoms with van der Waals surface area (Å²) in [6.07, 6.45) is 0.380. The van der Waals surface area contributed by atoms with Crippen molar-refractivity contribution in [2.45, 2.75) is 52.5 Å². The molecule has 4 heteroatoms. The fraction of sp³-hybridized carbons (Fsp3) is 0.529. The number of amides is 3. The molecule has 1 aliphatic rings. The van der Waals surface area contributed by atoms with Crippen molar-refractivity contribution in [3.05, 3.63) is 29.8 Å². The molecule has 0 aromatic heterocycles. The average Bonchev–Trinajstić information content (AvgIpc) is 2.38. The van der Waals surface area contributed by atoms with Crippen LogP contribution in [0.5, 0.6) is 0 Å². The van der Waals surface area contributed by atoms with Gasteiger partial charge in [0.25, 0.3) is 0 Å². The topological polar surface area (TPSA) is 40.6 Å². The first-order valence-corrected chi connectivity index (χ1v) is 7.46. The van der Waals surface area contributed by atoms with E-state index in [0.717, 1.165) is 0 Å². The van der Waals surface area contributed by atoms with E-state index >= 15 is 0 Å². The summed E-state index contributed by atoms with van der Waals surface area (Å²) in [5.41, 5.74) is 1.89. The molecule has 1 aliphatic heterocycles. The van der Waals surface area contributed by atoms with Crippen LogP contribution in [0.1, 0.15) is 46.6 Å². The Morgan fingerprint density at radius 3 is 2.10 bits per heavy atom. The van der Waals surface area contributed by atoms with Crippen molar-refractivity contribution in [3.8, 4) is 0 Å². The van der Waals surface area contributed by atoms with Crippen LogP contribution >= 0.6 is 0 Å². The molecule has 1 fully saturated rings. The van der Waals surface area contributed by atoms with Crippen LogP contribution in [0.2, 0.25) is 0 Å². The first-order valence-electron chi connectivity index (χ1n) is 7.46. The molecule has 1 saturated heterocycles. The Hall–Kier alpha value is -1.84. The van der Waals surface area contributed by atoms with Gasteiger partial charge in [0.1, 0.15) is 0 Å². The molecule has 1 heterocycles. The van der Waals surface area contributed by atoms with Crippen LogP contribution in [0, 0.1) is 0 Å². The number of urea groups is 1. The van der Waals surface area contributed by atoms with Crippen molar-refractivity contribution in [2.24, 2.45) is 0 Å². The molecule has 4 nitrogen and oxygen atoms in total. The molecule has 0 unspecified atom stereocenters. The fourth-order valence-corrected chi connectivity index (χ4v) is 2.50. The van der Waals surface area contributed by atoms with Crippen LogP contribution in [0.25, 0.3) is 0 Å². The first-order chi connectivity index (χ1) is 9.71. The van der Waals surface area contributed by atoms with Gasteiger partial charge >= 0.3 is 6.03 Å². The molecular formula is C17H24N2O2. The number of anilines is 1. The van der Waals surface area contributed by atoms with Crippen LogP contribution in [0.3, 0.4) is 0 Å². The molecule has 21 heavy (non-hydrogen) atoms. The standard InChI is InChI=1S/C17H24N2O2/c1-12(2)18-11-10-15(20)19(16(18)21)14-8-6-13(7-9-14)17(3,4)5/h6-9,12H,10-11H2,1-5H3. The van der Waals surface area contributed by atoms with E-state index in [1.54, 1.807) is 4.90 Å². The fourth-order valence-electron chi connectivity index (χ4n) is 2.50. The average molecular weight is 288 g/mol. The van der Waals surface area contributed by atoms with Crippen molar-refractivity contribution in [2.75, 3.05) is 11.4 Å². The monoisotopic (exact) mass is 288 g/mol. The van der Waals surface area contributed by atoms with Crippen LogP contribution in [-0.2, 0) is 10.2 Å². The second-order valence-corrected chi connectivity index (χ2v) is 6.85. The number of carbonyl (C=O) groups is 2. The summed E-state index contributed by atoms with van der Waals surface area (Å²) in [7, 11) is 0. The number of rotatable bonds is 2. The van der Waals surface area contributed by atoms with Gasteiger partial charge in [-0.05, 0) is 37.0 Å². The van der Waals surface area contributed by atoms with Gasteiger partial charge in [-0.25, -0.2) is 9.69 Å².